The van der Waals surface area contributed by atoms with Crippen molar-refractivity contribution in [2.75, 3.05) is 11.5 Å². The monoisotopic (exact) mass is 465 g/mol. The van der Waals surface area contributed by atoms with E-state index in [1.807, 2.05) is 44.2 Å². The quantitative estimate of drug-likeness (QED) is 0.577. The van der Waals surface area contributed by atoms with E-state index in [1.54, 1.807) is 11.0 Å². The van der Waals surface area contributed by atoms with E-state index in [-0.39, 0.29) is 22.7 Å². The van der Waals surface area contributed by atoms with Crippen molar-refractivity contribution in [2.45, 2.75) is 52.1 Å². The normalized spacial score (nSPS) is 21.8. The molecule has 2 atom stereocenters. The van der Waals surface area contributed by atoms with Gasteiger partial charge in [0.1, 0.15) is 5.58 Å². The highest BCUT2D eigenvalue weighted by Gasteiger charge is 2.48. The second-order valence-electron chi connectivity index (χ2n) is 9.63. The maximum absolute atomic E-state index is 13.8. The molecule has 5 rings (SSSR count). The van der Waals surface area contributed by atoms with Gasteiger partial charge in [-0.3, -0.25) is 9.59 Å². The number of hydrogen-bond donors (Lipinski definition) is 0. The molecule has 1 fully saturated rings. The fraction of sp³-hybridized carbons (Fsp3) is 0.385. The van der Waals surface area contributed by atoms with Crippen LogP contribution in [0.1, 0.15) is 70.6 Å². The van der Waals surface area contributed by atoms with Gasteiger partial charge in [-0.15, -0.1) is 0 Å². The summed E-state index contributed by atoms with van der Waals surface area (Å²) in [5.41, 5.74) is 4.15. The Labute approximate surface area is 193 Å². The van der Waals surface area contributed by atoms with Crippen LogP contribution in [0.2, 0.25) is 0 Å². The molecule has 0 bridgehead atoms. The molecule has 1 saturated heterocycles. The number of sulfone groups is 1. The van der Waals surface area contributed by atoms with Gasteiger partial charge in [-0.05, 0) is 54.5 Å². The van der Waals surface area contributed by atoms with Gasteiger partial charge in [0.05, 0.1) is 28.5 Å². The summed E-state index contributed by atoms with van der Waals surface area (Å²) in [5.74, 6) is -0.101. The van der Waals surface area contributed by atoms with Crippen LogP contribution in [0.4, 0.5) is 0 Å². The van der Waals surface area contributed by atoms with E-state index < -0.39 is 27.8 Å². The predicted molar refractivity (Wildman–Crippen MR) is 128 cm³/mol. The van der Waals surface area contributed by atoms with Crippen molar-refractivity contribution in [2.24, 2.45) is 0 Å². The number of hydrogen-bond acceptors (Lipinski definition) is 5. The lowest BCUT2D eigenvalue weighted by Crippen LogP contribution is -2.40. The third-order valence-electron chi connectivity index (χ3n) is 6.86. The molecule has 0 N–H and O–H groups in total. The number of rotatable bonds is 3. The van der Waals surface area contributed by atoms with Gasteiger partial charge in [-0.25, -0.2) is 8.42 Å². The molecule has 0 saturated carbocycles. The van der Waals surface area contributed by atoms with Gasteiger partial charge in [-0.2, -0.15) is 0 Å². The summed E-state index contributed by atoms with van der Waals surface area (Å²) in [5, 5.41) is 0.448. The maximum Gasteiger partial charge on any atom is 0.291 e. The highest BCUT2D eigenvalue weighted by atomic mass is 32.2. The van der Waals surface area contributed by atoms with Crippen LogP contribution in [-0.4, -0.2) is 36.8 Å². The minimum Gasteiger partial charge on any atom is -0.450 e. The predicted octanol–water partition coefficient (Wildman–Crippen LogP) is 4.27. The molecule has 1 aromatic heterocycles. The molecule has 6 nitrogen and oxygen atoms in total. The average molecular weight is 466 g/mol. The van der Waals surface area contributed by atoms with Gasteiger partial charge >= 0.3 is 0 Å². The zero-order chi connectivity index (χ0) is 23.7. The van der Waals surface area contributed by atoms with Crippen molar-refractivity contribution in [3.05, 3.63) is 80.2 Å². The summed E-state index contributed by atoms with van der Waals surface area (Å²) < 4.78 is 30.6. The van der Waals surface area contributed by atoms with Crippen LogP contribution in [0.5, 0.6) is 0 Å². The van der Waals surface area contributed by atoms with Gasteiger partial charge < -0.3 is 9.32 Å². The fourth-order valence-corrected chi connectivity index (χ4v) is 6.92. The molecule has 2 aliphatic rings. The molecule has 2 aliphatic heterocycles. The van der Waals surface area contributed by atoms with E-state index in [2.05, 4.69) is 13.8 Å². The second kappa shape index (κ2) is 7.55. The largest absolute Gasteiger partial charge is 0.450 e. The molecule has 172 valence electrons. The Morgan fingerprint density at radius 1 is 1.06 bits per heavy atom. The van der Waals surface area contributed by atoms with E-state index in [4.69, 9.17) is 4.42 Å². The van der Waals surface area contributed by atoms with Crippen LogP contribution in [0, 0.1) is 13.8 Å². The zero-order valence-corrected chi connectivity index (χ0v) is 20.0. The molecule has 2 unspecified atom stereocenters. The number of nitrogens with zero attached hydrogens (tertiary/aromatic N) is 1. The third kappa shape index (κ3) is 3.50. The third-order valence-corrected chi connectivity index (χ3v) is 8.61. The Bertz CT molecular complexity index is 1450. The van der Waals surface area contributed by atoms with Crippen molar-refractivity contribution in [1.82, 2.24) is 4.90 Å². The molecule has 1 amide bonds. The molecular formula is C26H27NO5S. The number of benzene rings is 2. The standard InChI is InChI=1S/C26H27NO5S/c1-14(2)17-5-7-18(8-6-17)22-21-23(28)20-12-15(3)11-16(4)24(20)32-25(21)26(29)27(22)19-9-10-33(30,31)13-19/h5-8,11-12,14,19,22H,9-10,13H2,1-4H3. The SMILES string of the molecule is Cc1cc(C)c2oc3c(c(=O)c2c1)C(c1ccc(C(C)C)cc1)N(C1CCS(=O)(=O)C1)C3=O. The van der Waals surface area contributed by atoms with Crippen molar-refractivity contribution in [3.8, 4) is 0 Å². The molecule has 7 heteroatoms. The smallest absolute Gasteiger partial charge is 0.291 e. The van der Waals surface area contributed by atoms with E-state index >= 15 is 0 Å². The zero-order valence-electron chi connectivity index (χ0n) is 19.2. The summed E-state index contributed by atoms with van der Waals surface area (Å²) in [4.78, 5) is 29.0. The Hall–Kier alpha value is -2.93. The van der Waals surface area contributed by atoms with Gasteiger partial charge in [0.2, 0.25) is 5.76 Å². The molecule has 3 heterocycles. The van der Waals surface area contributed by atoms with Crippen LogP contribution >= 0.6 is 0 Å². The van der Waals surface area contributed by atoms with Crippen molar-refractivity contribution < 1.29 is 17.6 Å². The van der Waals surface area contributed by atoms with Gasteiger partial charge in [0.25, 0.3) is 5.91 Å². The number of amides is 1. The van der Waals surface area contributed by atoms with Crippen molar-refractivity contribution in [1.29, 1.82) is 0 Å². The Morgan fingerprint density at radius 3 is 2.36 bits per heavy atom. The fourth-order valence-electron chi connectivity index (χ4n) is 5.21. The minimum absolute atomic E-state index is 0.0293. The van der Waals surface area contributed by atoms with E-state index in [0.29, 0.717) is 28.9 Å². The molecule has 33 heavy (non-hydrogen) atoms. The minimum atomic E-state index is -3.23. The summed E-state index contributed by atoms with van der Waals surface area (Å²) >= 11 is 0. The second-order valence-corrected chi connectivity index (χ2v) is 11.9. The lowest BCUT2D eigenvalue weighted by atomic mass is 9.94. The molecule has 3 aromatic rings. The number of fused-ring (bicyclic) bond motifs is 2. The van der Waals surface area contributed by atoms with Crippen LogP contribution < -0.4 is 5.43 Å². The molecule has 0 radical (unpaired) electrons. The first-order chi connectivity index (χ1) is 15.6. The Kier molecular flexibility index (Phi) is 5.01. The summed E-state index contributed by atoms with van der Waals surface area (Å²) in [6.07, 6.45) is 0.356. The highest BCUT2D eigenvalue weighted by Crippen LogP contribution is 2.42. The Balaban J connectivity index is 1.76. The first kappa shape index (κ1) is 21.9. The van der Waals surface area contributed by atoms with Crippen molar-refractivity contribution >= 4 is 26.7 Å². The first-order valence-corrected chi connectivity index (χ1v) is 13.1. The van der Waals surface area contributed by atoms with Gasteiger partial charge in [0.15, 0.2) is 15.3 Å². The van der Waals surface area contributed by atoms with Gasteiger partial charge in [-0.1, -0.05) is 44.2 Å². The Morgan fingerprint density at radius 2 is 1.76 bits per heavy atom. The van der Waals surface area contributed by atoms with Gasteiger partial charge in [0, 0.05) is 6.04 Å². The van der Waals surface area contributed by atoms with Crippen LogP contribution in [-0.2, 0) is 9.84 Å². The highest BCUT2D eigenvalue weighted by molar-refractivity contribution is 7.91. The van der Waals surface area contributed by atoms with Crippen LogP contribution in [0.25, 0.3) is 11.0 Å². The summed E-state index contributed by atoms with van der Waals surface area (Å²) in [7, 11) is -3.23. The van der Waals surface area contributed by atoms with Crippen LogP contribution in [0.3, 0.4) is 0 Å². The average Bonchev–Trinajstić information content (AvgIpc) is 3.25. The maximum atomic E-state index is 13.8. The molecule has 2 aromatic carbocycles. The topological polar surface area (TPSA) is 84.7 Å². The molecular weight excluding hydrogens is 438 g/mol. The lowest BCUT2D eigenvalue weighted by molar-refractivity contribution is 0.0662. The number of carbonyl (C=O) groups excluding carboxylic acids is 1. The summed E-state index contributed by atoms with van der Waals surface area (Å²) in [6.45, 7) is 7.98. The van der Waals surface area contributed by atoms with Crippen molar-refractivity contribution in [3.63, 3.8) is 0 Å². The van der Waals surface area contributed by atoms with E-state index in [0.717, 1.165) is 22.3 Å². The van der Waals surface area contributed by atoms with Crippen LogP contribution in [0.15, 0.2) is 45.6 Å². The number of aryl methyl sites for hydroxylation is 2. The van der Waals surface area contributed by atoms with E-state index in [1.165, 1.54) is 0 Å². The van der Waals surface area contributed by atoms with E-state index in [9.17, 15) is 18.0 Å². The summed E-state index contributed by atoms with van der Waals surface area (Å²) in [6, 6.07) is 10.4. The first-order valence-electron chi connectivity index (χ1n) is 11.3. The lowest BCUT2D eigenvalue weighted by Gasteiger charge is -2.30. The number of carbonyl (C=O) groups is 1. The molecule has 0 spiro atoms. The molecule has 0 aliphatic carbocycles.